The summed E-state index contributed by atoms with van der Waals surface area (Å²) in [5.41, 5.74) is 6.02. The number of likely N-dealkylation sites (N-methyl/N-ethyl adjacent to an activating group) is 1. The molecule has 2 fully saturated rings. The summed E-state index contributed by atoms with van der Waals surface area (Å²) in [6, 6.07) is 0.139. The molecular formula is C14H27N3O3S. The minimum absolute atomic E-state index is 0.00431. The zero-order chi connectivity index (χ0) is 15.6. The van der Waals surface area contributed by atoms with Crippen LogP contribution in [0, 0.1) is 0 Å². The van der Waals surface area contributed by atoms with Crippen molar-refractivity contribution in [1.29, 1.82) is 0 Å². The SMILES string of the molecule is CC(N)C1CCCCN1CC(=O)N(C)C1CCS(=O)(=O)C1. The fraction of sp³-hybridized carbons (Fsp3) is 0.929. The van der Waals surface area contributed by atoms with E-state index < -0.39 is 9.84 Å². The first-order valence-corrected chi connectivity index (χ1v) is 9.58. The summed E-state index contributed by atoms with van der Waals surface area (Å²) in [6.07, 6.45) is 3.85. The molecule has 122 valence electrons. The van der Waals surface area contributed by atoms with Crippen LogP contribution in [-0.4, -0.2) is 73.9 Å². The van der Waals surface area contributed by atoms with Crippen molar-refractivity contribution in [3.05, 3.63) is 0 Å². The molecule has 0 aromatic heterocycles. The van der Waals surface area contributed by atoms with Crippen LogP contribution < -0.4 is 5.73 Å². The second-order valence-electron chi connectivity index (χ2n) is 6.45. The first kappa shape index (κ1) is 16.7. The standard InChI is InChI=1S/C14H27N3O3S/c1-11(15)13-5-3-4-7-17(13)9-14(18)16(2)12-6-8-21(19,20)10-12/h11-13H,3-10,15H2,1-2H3. The molecule has 2 aliphatic heterocycles. The molecule has 0 radical (unpaired) electrons. The Labute approximate surface area is 127 Å². The maximum absolute atomic E-state index is 12.4. The van der Waals surface area contributed by atoms with Crippen LogP contribution in [0.2, 0.25) is 0 Å². The molecule has 0 aliphatic carbocycles. The Balaban J connectivity index is 1.93. The molecule has 0 bridgehead atoms. The van der Waals surface area contributed by atoms with E-state index in [1.807, 2.05) is 6.92 Å². The van der Waals surface area contributed by atoms with Crippen LogP contribution >= 0.6 is 0 Å². The average Bonchev–Trinajstić information content (AvgIpc) is 2.78. The lowest BCUT2D eigenvalue weighted by Crippen LogP contribution is -2.53. The highest BCUT2D eigenvalue weighted by atomic mass is 32.2. The highest BCUT2D eigenvalue weighted by Gasteiger charge is 2.34. The summed E-state index contributed by atoms with van der Waals surface area (Å²) in [5.74, 6) is 0.303. The Morgan fingerprint density at radius 1 is 1.38 bits per heavy atom. The number of piperidine rings is 1. The third-order valence-corrected chi connectivity index (χ3v) is 6.51. The predicted molar refractivity (Wildman–Crippen MR) is 82.7 cm³/mol. The minimum Gasteiger partial charge on any atom is -0.341 e. The lowest BCUT2D eigenvalue weighted by Gasteiger charge is -2.38. The summed E-state index contributed by atoms with van der Waals surface area (Å²) in [5, 5.41) is 0. The molecule has 2 rings (SSSR count). The maximum Gasteiger partial charge on any atom is 0.236 e. The van der Waals surface area contributed by atoms with E-state index in [9.17, 15) is 13.2 Å². The first-order valence-electron chi connectivity index (χ1n) is 7.76. The van der Waals surface area contributed by atoms with E-state index >= 15 is 0 Å². The zero-order valence-corrected chi connectivity index (χ0v) is 13.8. The van der Waals surface area contributed by atoms with Gasteiger partial charge in [0, 0.05) is 25.2 Å². The smallest absolute Gasteiger partial charge is 0.236 e. The number of likely N-dealkylation sites (tertiary alicyclic amines) is 1. The van der Waals surface area contributed by atoms with E-state index in [1.165, 1.54) is 0 Å². The van der Waals surface area contributed by atoms with Crippen molar-refractivity contribution in [2.45, 2.75) is 50.7 Å². The van der Waals surface area contributed by atoms with Gasteiger partial charge in [0.25, 0.3) is 0 Å². The third-order valence-electron chi connectivity index (χ3n) is 4.76. The fourth-order valence-corrected chi connectivity index (χ4v) is 5.15. The number of carbonyl (C=O) groups excluding carboxylic acids is 1. The minimum atomic E-state index is -2.96. The number of sulfone groups is 1. The topological polar surface area (TPSA) is 83.7 Å². The van der Waals surface area contributed by atoms with Crippen LogP contribution in [0.3, 0.4) is 0 Å². The molecule has 3 atom stereocenters. The molecule has 2 N–H and O–H groups in total. The summed E-state index contributed by atoms with van der Waals surface area (Å²) in [6.45, 7) is 3.23. The normalized spacial score (nSPS) is 31.0. The molecule has 3 unspecified atom stereocenters. The molecule has 2 saturated heterocycles. The van der Waals surface area contributed by atoms with E-state index in [4.69, 9.17) is 5.73 Å². The highest BCUT2D eigenvalue weighted by Crippen LogP contribution is 2.20. The lowest BCUT2D eigenvalue weighted by molar-refractivity contribution is -0.133. The van der Waals surface area contributed by atoms with Crippen molar-refractivity contribution in [2.75, 3.05) is 31.6 Å². The van der Waals surface area contributed by atoms with Gasteiger partial charge in [0.2, 0.25) is 5.91 Å². The second-order valence-corrected chi connectivity index (χ2v) is 8.68. The molecule has 21 heavy (non-hydrogen) atoms. The van der Waals surface area contributed by atoms with Gasteiger partial charge in [-0.3, -0.25) is 9.69 Å². The van der Waals surface area contributed by atoms with Gasteiger partial charge in [-0.05, 0) is 32.7 Å². The molecule has 7 heteroatoms. The van der Waals surface area contributed by atoms with Gasteiger partial charge in [-0.15, -0.1) is 0 Å². The molecule has 6 nitrogen and oxygen atoms in total. The van der Waals surface area contributed by atoms with Gasteiger partial charge in [-0.25, -0.2) is 8.42 Å². The quantitative estimate of drug-likeness (QED) is 0.778. The molecular weight excluding hydrogens is 290 g/mol. The Bertz CT molecular complexity index is 478. The van der Waals surface area contributed by atoms with Gasteiger partial charge in [0.1, 0.15) is 0 Å². The van der Waals surface area contributed by atoms with E-state index in [-0.39, 0.29) is 35.5 Å². The number of rotatable bonds is 4. The number of nitrogens with zero attached hydrogens (tertiary/aromatic N) is 2. The third kappa shape index (κ3) is 4.17. The van der Waals surface area contributed by atoms with Crippen molar-refractivity contribution >= 4 is 15.7 Å². The number of nitrogens with two attached hydrogens (primary N) is 1. The van der Waals surface area contributed by atoms with Crippen molar-refractivity contribution in [2.24, 2.45) is 5.73 Å². The zero-order valence-electron chi connectivity index (χ0n) is 13.0. The van der Waals surface area contributed by atoms with Crippen LogP contribution in [0.5, 0.6) is 0 Å². The first-order chi connectivity index (χ1) is 9.80. The number of hydrogen-bond donors (Lipinski definition) is 1. The molecule has 1 amide bonds. The Hall–Kier alpha value is -0.660. The van der Waals surface area contributed by atoms with Gasteiger partial charge in [-0.1, -0.05) is 6.42 Å². The van der Waals surface area contributed by atoms with Gasteiger partial charge < -0.3 is 10.6 Å². The summed E-state index contributed by atoms with van der Waals surface area (Å²) in [7, 11) is -1.24. The van der Waals surface area contributed by atoms with Crippen LogP contribution in [0.25, 0.3) is 0 Å². The van der Waals surface area contributed by atoms with Crippen molar-refractivity contribution in [1.82, 2.24) is 9.80 Å². The summed E-state index contributed by atoms with van der Waals surface area (Å²) < 4.78 is 23.1. The lowest BCUT2D eigenvalue weighted by atomic mass is 9.97. The fourth-order valence-electron chi connectivity index (χ4n) is 3.38. The van der Waals surface area contributed by atoms with Crippen LogP contribution in [0.4, 0.5) is 0 Å². The van der Waals surface area contributed by atoms with Crippen molar-refractivity contribution < 1.29 is 13.2 Å². The average molecular weight is 317 g/mol. The maximum atomic E-state index is 12.4. The Kier molecular flexibility index (Phi) is 5.27. The van der Waals surface area contributed by atoms with Crippen LogP contribution in [0.15, 0.2) is 0 Å². The highest BCUT2D eigenvalue weighted by molar-refractivity contribution is 7.91. The molecule has 2 aliphatic rings. The van der Waals surface area contributed by atoms with Gasteiger partial charge in [-0.2, -0.15) is 0 Å². The number of hydrogen-bond acceptors (Lipinski definition) is 5. The van der Waals surface area contributed by atoms with Gasteiger partial charge >= 0.3 is 0 Å². The molecule has 0 aromatic carbocycles. The van der Waals surface area contributed by atoms with Crippen molar-refractivity contribution in [3.8, 4) is 0 Å². The van der Waals surface area contributed by atoms with E-state index in [1.54, 1.807) is 11.9 Å². The van der Waals surface area contributed by atoms with Gasteiger partial charge in [0.05, 0.1) is 18.1 Å². The summed E-state index contributed by atoms with van der Waals surface area (Å²) in [4.78, 5) is 16.2. The van der Waals surface area contributed by atoms with Crippen LogP contribution in [-0.2, 0) is 14.6 Å². The molecule has 0 spiro atoms. The largest absolute Gasteiger partial charge is 0.341 e. The summed E-state index contributed by atoms with van der Waals surface area (Å²) >= 11 is 0. The monoisotopic (exact) mass is 317 g/mol. The number of carbonyl (C=O) groups is 1. The van der Waals surface area contributed by atoms with E-state index in [0.717, 1.165) is 25.8 Å². The second kappa shape index (κ2) is 6.62. The predicted octanol–water partition coefficient (Wildman–Crippen LogP) is -0.166. The molecule has 0 saturated carbocycles. The Morgan fingerprint density at radius 3 is 2.67 bits per heavy atom. The van der Waals surface area contributed by atoms with E-state index in [2.05, 4.69) is 4.90 Å². The van der Waals surface area contributed by atoms with Crippen LogP contribution in [0.1, 0.15) is 32.6 Å². The molecule has 0 aromatic rings. The number of amides is 1. The van der Waals surface area contributed by atoms with E-state index in [0.29, 0.717) is 13.0 Å². The van der Waals surface area contributed by atoms with Crippen molar-refractivity contribution in [3.63, 3.8) is 0 Å². The molecule has 2 heterocycles. The Morgan fingerprint density at radius 2 is 2.10 bits per heavy atom. The van der Waals surface area contributed by atoms with Gasteiger partial charge in [0.15, 0.2) is 9.84 Å².